The highest BCUT2D eigenvalue weighted by molar-refractivity contribution is 5.33. The van der Waals surface area contributed by atoms with E-state index in [1.165, 1.54) is 0 Å². The average Bonchev–Trinajstić information content (AvgIpc) is 2.38. The molecule has 0 spiro atoms. The van der Waals surface area contributed by atoms with Gasteiger partial charge >= 0.3 is 0 Å². The van der Waals surface area contributed by atoms with Gasteiger partial charge in [-0.1, -0.05) is 62.8 Å². The van der Waals surface area contributed by atoms with Crippen LogP contribution in [0.15, 0.2) is 98.5 Å². The van der Waals surface area contributed by atoms with E-state index < -0.39 is 0 Å². The monoisotopic (exact) mass is 239 g/mol. The zero-order chi connectivity index (χ0) is 13.8. The summed E-state index contributed by atoms with van der Waals surface area (Å²) < 4.78 is 0. The Labute approximate surface area is 111 Å². The van der Waals surface area contributed by atoms with Gasteiger partial charge in [-0.2, -0.15) is 0 Å². The predicted molar refractivity (Wildman–Crippen MR) is 83.0 cm³/mol. The summed E-state index contributed by atoms with van der Waals surface area (Å²) in [6, 6.07) is 0. The lowest BCUT2D eigenvalue weighted by Gasteiger charge is -2.21. The molecule has 0 aromatic rings. The minimum atomic E-state index is 1.01. The van der Waals surface area contributed by atoms with Crippen LogP contribution in [0.1, 0.15) is 0 Å². The summed E-state index contributed by atoms with van der Waals surface area (Å²) in [5.74, 6) is 0. The van der Waals surface area contributed by atoms with E-state index in [1.54, 1.807) is 24.3 Å². The standard InChI is InChI=1S/C17H21N/c1-6-10-14-16(12-8-3)18(5)17(13-9-4)15-11-7-2/h6-15H,1-4H2,5H3/b14-10-,15-11-,16-12+,17-13+. The average molecular weight is 239 g/mol. The van der Waals surface area contributed by atoms with Crippen LogP contribution in [0.5, 0.6) is 0 Å². The second-order valence-electron chi connectivity index (χ2n) is 3.40. The van der Waals surface area contributed by atoms with E-state index in [0.717, 1.165) is 11.4 Å². The Morgan fingerprint density at radius 1 is 0.722 bits per heavy atom. The molecule has 1 heteroatoms. The topological polar surface area (TPSA) is 3.24 Å². The molecule has 0 bridgehead atoms. The van der Waals surface area contributed by atoms with E-state index in [2.05, 4.69) is 26.3 Å². The van der Waals surface area contributed by atoms with Crippen molar-refractivity contribution in [1.82, 2.24) is 4.90 Å². The SMILES string of the molecule is C=C/C=C\C(=C/C=C)N(C)C(/C=C\C=C)=C/C=C. The quantitative estimate of drug-likeness (QED) is 0.562. The maximum absolute atomic E-state index is 3.72. The van der Waals surface area contributed by atoms with Gasteiger partial charge in [0.05, 0.1) is 0 Å². The van der Waals surface area contributed by atoms with Gasteiger partial charge in [-0.15, -0.1) is 0 Å². The molecule has 0 heterocycles. The van der Waals surface area contributed by atoms with Gasteiger partial charge in [0.15, 0.2) is 0 Å². The van der Waals surface area contributed by atoms with Crippen LogP contribution in [0.2, 0.25) is 0 Å². The van der Waals surface area contributed by atoms with Crippen molar-refractivity contribution < 1.29 is 0 Å². The molecule has 1 nitrogen and oxygen atoms in total. The molecule has 0 rings (SSSR count). The highest BCUT2D eigenvalue weighted by Gasteiger charge is 2.03. The van der Waals surface area contributed by atoms with E-state index in [9.17, 15) is 0 Å². The van der Waals surface area contributed by atoms with Crippen molar-refractivity contribution in [3.8, 4) is 0 Å². The Hall–Kier alpha value is -2.28. The molecule has 0 aliphatic carbocycles. The van der Waals surface area contributed by atoms with Gasteiger partial charge in [-0.05, 0) is 24.3 Å². The Kier molecular flexibility index (Phi) is 8.66. The molecule has 0 amide bonds. The zero-order valence-corrected chi connectivity index (χ0v) is 11.0. The largest absolute Gasteiger partial charge is 0.345 e. The summed E-state index contributed by atoms with van der Waals surface area (Å²) in [7, 11) is 1.98. The third-order valence-corrected chi connectivity index (χ3v) is 2.16. The fourth-order valence-corrected chi connectivity index (χ4v) is 1.28. The lowest BCUT2D eigenvalue weighted by atomic mass is 10.2. The summed E-state index contributed by atoms with van der Waals surface area (Å²) in [5.41, 5.74) is 2.01. The molecular formula is C17H21N. The number of rotatable bonds is 8. The van der Waals surface area contributed by atoms with Crippen LogP contribution in [0.25, 0.3) is 0 Å². The van der Waals surface area contributed by atoms with Crippen LogP contribution in [-0.2, 0) is 0 Å². The predicted octanol–water partition coefficient (Wildman–Crippen LogP) is 4.54. The van der Waals surface area contributed by atoms with Gasteiger partial charge in [0.1, 0.15) is 0 Å². The lowest BCUT2D eigenvalue weighted by molar-refractivity contribution is 0.554. The highest BCUT2D eigenvalue weighted by Crippen LogP contribution is 2.14. The third kappa shape index (κ3) is 5.71. The summed E-state index contributed by atoms with van der Waals surface area (Å²) in [6.07, 6.45) is 18.5. The Morgan fingerprint density at radius 3 is 1.39 bits per heavy atom. The molecule has 0 saturated heterocycles. The second-order valence-corrected chi connectivity index (χ2v) is 3.40. The molecule has 0 radical (unpaired) electrons. The van der Waals surface area contributed by atoms with E-state index >= 15 is 0 Å². The van der Waals surface area contributed by atoms with Crippen LogP contribution in [0.3, 0.4) is 0 Å². The van der Waals surface area contributed by atoms with Crippen molar-refractivity contribution in [2.24, 2.45) is 0 Å². The van der Waals surface area contributed by atoms with Crippen LogP contribution in [0, 0.1) is 0 Å². The number of likely N-dealkylation sites (N-methyl/N-ethyl adjacent to an activating group) is 1. The molecule has 0 aliphatic heterocycles. The van der Waals surface area contributed by atoms with Gasteiger partial charge in [-0.25, -0.2) is 0 Å². The van der Waals surface area contributed by atoms with Crippen LogP contribution in [-0.4, -0.2) is 11.9 Å². The molecule has 0 aromatic carbocycles. The molecule has 0 N–H and O–H groups in total. The fraction of sp³-hybridized carbons (Fsp3) is 0.0588. The minimum Gasteiger partial charge on any atom is -0.345 e. The first-order chi connectivity index (χ1) is 8.71. The third-order valence-electron chi connectivity index (χ3n) is 2.16. The van der Waals surface area contributed by atoms with Crippen molar-refractivity contribution in [2.45, 2.75) is 0 Å². The number of hydrogen-bond donors (Lipinski definition) is 0. The fourth-order valence-electron chi connectivity index (χ4n) is 1.28. The molecule has 0 aliphatic rings. The highest BCUT2D eigenvalue weighted by atomic mass is 15.1. The summed E-state index contributed by atoms with van der Waals surface area (Å²) >= 11 is 0. The van der Waals surface area contributed by atoms with Crippen LogP contribution in [0.4, 0.5) is 0 Å². The second kappa shape index (κ2) is 9.91. The Bertz CT molecular complexity index is 377. The first-order valence-electron chi connectivity index (χ1n) is 5.68. The van der Waals surface area contributed by atoms with Crippen LogP contribution >= 0.6 is 0 Å². The zero-order valence-electron chi connectivity index (χ0n) is 11.0. The van der Waals surface area contributed by atoms with Gasteiger partial charge in [0.2, 0.25) is 0 Å². The van der Waals surface area contributed by atoms with Crippen molar-refractivity contribution in [2.75, 3.05) is 7.05 Å². The Morgan fingerprint density at radius 2 is 1.11 bits per heavy atom. The normalized spacial score (nSPS) is 12.7. The lowest BCUT2D eigenvalue weighted by Crippen LogP contribution is -2.14. The van der Waals surface area contributed by atoms with Crippen molar-refractivity contribution in [3.05, 3.63) is 98.5 Å². The number of nitrogens with zero attached hydrogens (tertiary/aromatic N) is 1. The maximum Gasteiger partial charge on any atom is 0.0407 e. The van der Waals surface area contributed by atoms with Crippen molar-refractivity contribution in [3.63, 3.8) is 0 Å². The molecule has 0 unspecified atom stereocenters. The van der Waals surface area contributed by atoms with E-state index in [0.29, 0.717) is 0 Å². The molecule has 0 atom stereocenters. The first kappa shape index (κ1) is 15.7. The van der Waals surface area contributed by atoms with Gasteiger partial charge in [0, 0.05) is 18.4 Å². The maximum atomic E-state index is 3.72. The molecule has 18 heavy (non-hydrogen) atoms. The minimum absolute atomic E-state index is 1.01. The van der Waals surface area contributed by atoms with Gasteiger partial charge < -0.3 is 4.90 Å². The van der Waals surface area contributed by atoms with Crippen molar-refractivity contribution in [1.29, 1.82) is 0 Å². The van der Waals surface area contributed by atoms with Gasteiger partial charge in [-0.3, -0.25) is 0 Å². The Balaban J connectivity index is 5.30. The smallest absolute Gasteiger partial charge is 0.0407 e. The van der Waals surface area contributed by atoms with Crippen molar-refractivity contribution >= 4 is 0 Å². The van der Waals surface area contributed by atoms with Gasteiger partial charge in [0.25, 0.3) is 0 Å². The summed E-state index contributed by atoms with van der Waals surface area (Å²) in [6.45, 7) is 14.8. The molecule has 0 fully saturated rings. The molecular weight excluding hydrogens is 218 g/mol. The summed E-state index contributed by atoms with van der Waals surface area (Å²) in [4.78, 5) is 2.03. The van der Waals surface area contributed by atoms with E-state index in [1.807, 2.05) is 48.4 Å². The number of hydrogen-bond acceptors (Lipinski definition) is 1. The van der Waals surface area contributed by atoms with E-state index in [4.69, 9.17) is 0 Å². The first-order valence-corrected chi connectivity index (χ1v) is 5.68. The van der Waals surface area contributed by atoms with E-state index in [-0.39, 0.29) is 0 Å². The molecule has 94 valence electrons. The molecule has 0 saturated carbocycles. The molecule has 0 aromatic heterocycles. The van der Waals surface area contributed by atoms with Crippen LogP contribution < -0.4 is 0 Å². The summed E-state index contributed by atoms with van der Waals surface area (Å²) in [5, 5.41) is 0. The number of allylic oxidation sites excluding steroid dienone is 10.